The van der Waals surface area contributed by atoms with Gasteiger partial charge in [-0.05, 0) is 47.5 Å². The lowest BCUT2D eigenvalue weighted by Crippen LogP contribution is -1.98. The molecule has 0 radical (unpaired) electrons. The van der Waals surface area contributed by atoms with Crippen LogP contribution in [-0.4, -0.2) is 14.5 Å². The molecule has 39 heavy (non-hydrogen) atoms. The van der Waals surface area contributed by atoms with E-state index in [0.717, 1.165) is 66.4 Å². The monoisotopic (exact) mass is 501 g/mol. The van der Waals surface area contributed by atoms with Crippen molar-refractivity contribution < 1.29 is 8.83 Å². The fourth-order valence-electron chi connectivity index (χ4n) is 6.06. The Hall–Kier alpha value is -5.42. The molecule has 5 aromatic carbocycles. The zero-order chi connectivity index (χ0) is 25.5. The van der Waals surface area contributed by atoms with Crippen LogP contribution in [0.15, 0.2) is 124 Å². The van der Waals surface area contributed by atoms with Crippen molar-refractivity contribution in [3.63, 3.8) is 0 Å². The average Bonchev–Trinajstić information content (AvgIpc) is 3.66. The first-order valence-electron chi connectivity index (χ1n) is 12.9. The second kappa shape index (κ2) is 7.55. The predicted molar refractivity (Wildman–Crippen MR) is 156 cm³/mol. The average molecular weight is 502 g/mol. The van der Waals surface area contributed by atoms with Gasteiger partial charge in [0.2, 0.25) is 0 Å². The SMILES string of the molecule is c1ccc2c(c1)oc1cccc(-c3ccc4oc5c(-n6c7ccccc7c7ccccc76)ncnc5c4c3)c12. The second-order valence-corrected chi connectivity index (χ2v) is 9.83. The van der Waals surface area contributed by atoms with E-state index < -0.39 is 0 Å². The van der Waals surface area contributed by atoms with Gasteiger partial charge in [-0.15, -0.1) is 0 Å². The van der Waals surface area contributed by atoms with E-state index in [0.29, 0.717) is 5.58 Å². The molecule has 0 saturated heterocycles. The Balaban J connectivity index is 1.32. The third-order valence-electron chi connectivity index (χ3n) is 7.74. The zero-order valence-corrected chi connectivity index (χ0v) is 20.6. The number of rotatable bonds is 2. The van der Waals surface area contributed by atoms with Crippen molar-refractivity contribution in [2.75, 3.05) is 0 Å². The molecule has 0 atom stereocenters. The fraction of sp³-hybridized carbons (Fsp3) is 0. The highest BCUT2D eigenvalue weighted by Crippen LogP contribution is 2.40. The number of aromatic nitrogens is 3. The van der Waals surface area contributed by atoms with Gasteiger partial charge in [-0.2, -0.15) is 0 Å². The Kier molecular flexibility index (Phi) is 3.99. The number of benzene rings is 5. The Labute approximate surface area is 221 Å². The molecule has 9 aromatic rings. The zero-order valence-electron chi connectivity index (χ0n) is 20.6. The van der Waals surface area contributed by atoms with Crippen molar-refractivity contribution >= 4 is 65.8 Å². The molecule has 0 amide bonds. The summed E-state index contributed by atoms with van der Waals surface area (Å²) in [7, 11) is 0. The Morgan fingerprint density at radius 1 is 0.538 bits per heavy atom. The predicted octanol–water partition coefficient (Wildman–Crippen LogP) is 9.04. The maximum Gasteiger partial charge on any atom is 0.197 e. The third kappa shape index (κ3) is 2.79. The molecule has 4 aromatic heterocycles. The largest absolute Gasteiger partial charge is 0.456 e. The number of hydrogen-bond donors (Lipinski definition) is 0. The molecule has 0 spiro atoms. The molecule has 182 valence electrons. The summed E-state index contributed by atoms with van der Waals surface area (Å²) in [4.78, 5) is 9.44. The summed E-state index contributed by atoms with van der Waals surface area (Å²) in [5.74, 6) is 0.734. The maximum absolute atomic E-state index is 6.47. The first-order chi connectivity index (χ1) is 19.3. The molecule has 9 rings (SSSR count). The van der Waals surface area contributed by atoms with Gasteiger partial charge >= 0.3 is 0 Å². The molecular formula is C34H19N3O2. The number of hydrogen-bond acceptors (Lipinski definition) is 4. The van der Waals surface area contributed by atoms with E-state index in [4.69, 9.17) is 18.8 Å². The molecule has 0 bridgehead atoms. The fourth-order valence-corrected chi connectivity index (χ4v) is 6.06. The lowest BCUT2D eigenvalue weighted by Gasteiger charge is -2.06. The summed E-state index contributed by atoms with van der Waals surface area (Å²) in [6, 6.07) is 37.5. The topological polar surface area (TPSA) is 57.0 Å². The minimum absolute atomic E-state index is 0.670. The Morgan fingerprint density at radius 3 is 2.05 bits per heavy atom. The van der Waals surface area contributed by atoms with Crippen LogP contribution in [0.4, 0.5) is 0 Å². The number of furan rings is 2. The van der Waals surface area contributed by atoms with Gasteiger partial charge in [-0.1, -0.05) is 72.8 Å². The van der Waals surface area contributed by atoms with Gasteiger partial charge in [0, 0.05) is 26.9 Å². The van der Waals surface area contributed by atoms with E-state index in [9.17, 15) is 0 Å². The maximum atomic E-state index is 6.47. The molecule has 4 heterocycles. The Morgan fingerprint density at radius 2 is 1.23 bits per heavy atom. The van der Waals surface area contributed by atoms with E-state index in [1.807, 2.05) is 36.4 Å². The minimum Gasteiger partial charge on any atom is -0.456 e. The van der Waals surface area contributed by atoms with E-state index in [2.05, 4.69) is 77.4 Å². The number of fused-ring (bicyclic) bond motifs is 9. The number of nitrogens with zero attached hydrogens (tertiary/aromatic N) is 3. The quantitative estimate of drug-likeness (QED) is 0.237. The van der Waals surface area contributed by atoms with Crippen molar-refractivity contribution in [3.8, 4) is 16.9 Å². The molecule has 5 nitrogen and oxygen atoms in total. The lowest BCUT2D eigenvalue weighted by molar-refractivity contribution is 0.662. The molecule has 0 unspecified atom stereocenters. The molecule has 5 heteroatoms. The van der Waals surface area contributed by atoms with E-state index in [1.54, 1.807) is 6.33 Å². The van der Waals surface area contributed by atoms with Crippen molar-refractivity contribution in [3.05, 3.63) is 116 Å². The molecule has 0 N–H and O–H groups in total. The molecule has 0 saturated carbocycles. The summed E-state index contributed by atoms with van der Waals surface area (Å²) in [5, 5.41) is 5.53. The van der Waals surface area contributed by atoms with Gasteiger partial charge in [0.1, 0.15) is 28.6 Å². The van der Waals surface area contributed by atoms with E-state index >= 15 is 0 Å². The van der Waals surface area contributed by atoms with Gasteiger partial charge in [-0.3, -0.25) is 4.57 Å². The molecular weight excluding hydrogens is 482 g/mol. The van der Waals surface area contributed by atoms with Crippen LogP contribution >= 0.6 is 0 Å². The highest BCUT2D eigenvalue weighted by molar-refractivity contribution is 6.14. The summed E-state index contributed by atoms with van der Waals surface area (Å²) in [6.07, 6.45) is 1.63. The van der Waals surface area contributed by atoms with Gasteiger partial charge in [-0.25, -0.2) is 9.97 Å². The highest BCUT2D eigenvalue weighted by atomic mass is 16.3. The van der Waals surface area contributed by atoms with Crippen LogP contribution in [0.3, 0.4) is 0 Å². The third-order valence-corrected chi connectivity index (χ3v) is 7.74. The van der Waals surface area contributed by atoms with Gasteiger partial charge < -0.3 is 8.83 Å². The minimum atomic E-state index is 0.670. The van der Waals surface area contributed by atoms with Crippen LogP contribution in [0.5, 0.6) is 0 Å². The van der Waals surface area contributed by atoms with Crippen molar-refractivity contribution in [1.82, 2.24) is 14.5 Å². The van der Waals surface area contributed by atoms with Crippen LogP contribution in [-0.2, 0) is 0 Å². The van der Waals surface area contributed by atoms with Crippen LogP contribution < -0.4 is 0 Å². The highest BCUT2D eigenvalue weighted by Gasteiger charge is 2.20. The summed E-state index contributed by atoms with van der Waals surface area (Å²) in [6.45, 7) is 0. The summed E-state index contributed by atoms with van der Waals surface area (Å²) in [5.41, 5.74) is 8.37. The molecule has 0 aliphatic rings. The van der Waals surface area contributed by atoms with Gasteiger partial charge in [0.25, 0.3) is 0 Å². The van der Waals surface area contributed by atoms with Crippen LogP contribution in [0.25, 0.3) is 82.8 Å². The van der Waals surface area contributed by atoms with E-state index in [1.165, 1.54) is 10.8 Å². The second-order valence-electron chi connectivity index (χ2n) is 9.83. The molecule has 0 aliphatic heterocycles. The van der Waals surface area contributed by atoms with Crippen molar-refractivity contribution in [1.29, 1.82) is 0 Å². The number of para-hydroxylation sites is 3. The molecule has 0 aliphatic carbocycles. The van der Waals surface area contributed by atoms with Crippen LogP contribution in [0, 0.1) is 0 Å². The lowest BCUT2D eigenvalue weighted by atomic mass is 9.98. The van der Waals surface area contributed by atoms with Crippen molar-refractivity contribution in [2.45, 2.75) is 0 Å². The summed E-state index contributed by atoms with van der Waals surface area (Å²) < 4.78 is 14.8. The summed E-state index contributed by atoms with van der Waals surface area (Å²) >= 11 is 0. The normalized spacial score (nSPS) is 12.1. The first kappa shape index (κ1) is 20.6. The molecule has 0 fully saturated rings. The van der Waals surface area contributed by atoms with Gasteiger partial charge in [0.05, 0.1) is 11.0 Å². The van der Waals surface area contributed by atoms with Crippen LogP contribution in [0.1, 0.15) is 0 Å². The van der Waals surface area contributed by atoms with Crippen molar-refractivity contribution in [2.24, 2.45) is 0 Å². The van der Waals surface area contributed by atoms with Crippen LogP contribution in [0.2, 0.25) is 0 Å². The Bertz CT molecular complexity index is 2350. The first-order valence-corrected chi connectivity index (χ1v) is 12.9. The smallest absolute Gasteiger partial charge is 0.197 e. The van der Waals surface area contributed by atoms with E-state index in [-0.39, 0.29) is 0 Å². The van der Waals surface area contributed by atoms with Gasteiger partial charge in [0.15, 0.2) is 11.4 Å². The standard InChI is InChI=1S/C34H19N3O2/c1-4-12-26-22(8-1)23-9-2-5-13-27(23)37(26)34-33-32(35-19-36-34)25-18-20(16-17-29(25)39-33)21-11-7-15-30-31(21)24-10-3-6-14-28(24)38-30/h1-19H.